The molecule has 1 amide bonds. The Morgan fingerprint density at radius 1 is 0.958 bits per heavy atom. The number of nitrogens with zero attached hydrogens (tertiary/aromatic N) is 1. The molecule has 0 saturated carbocycles. The highest BCUT2D eigenvalue weighted by molar-refractivity contribution is 7.89. The molecule has 0 heterocycles. The summed E-state index contributed by atoms with van der Waals surface area (Å²) < 4.78 is 27.2. The maximum Gasteiger partial charge on any atom is 0.253 e. The number of rotatable bonds is 7. The van der Waals surface area contributed by atoms with Crippen molar-refractivity contribution in [1.29, 1.82) is 0 Å². The summed E-state index contributed by atoms with van der Waals surface area (Å²) in [7, 11) is -3.61. The van der Waals surface area contributed by atoms with Crippen molar-refractivity contribution in [3.05, 3.63) is 65.7 Å². The van der Waals surface area contributed by atoms with Gasteiger partial charge in [0.15, 0.2) is 0 Å². The summed E-state index contributed by atoms with van der Waals surface area (Å²) in [5.74, 6) is -0.0961. The molecule has 0 saturated heterocycles. The third-order valence-corrected chi connectivity index (χ3v) is 5.19. The van der Waals surface area contributed by atoms with Crippen molar-refractivity contribution in [1.82, 2.24) is 9.62 Å². The monoisotopic (exact) mass is 346 g/mol. The predicted molar refractivity (Wildman–Crippen MR) is 94.2 cm³/mol. The first-order valence-corrected chi connectivity index (χ1v) is 9.39. The number of carbonyl (C=O) groups excluding carboxylic acids is 1. The van der Waals surface area contributed by atoms with Crippen LogP contribution >= 0.6 is 0 Å². The van der Waals surface area contributed by atoms with E-state index in [1.165, 1.54) is 12.1 Å². The van der Waals surface area contributed by atoms with Crippen molar-refractivity contribution in [3.63, 3.8) is 0 Å². The molecule has 0 aliphatic heterocycles. The molecule has 6 heteroatoms. The Bertz CT molecular complexity index is 768. The van der Waals surface area contributed by atoms with E-state index >= 15 is 0 Å². The van der Waals surface area contributed by atoms with Crippen LogP contribution in [-0.4, -0.2) is 32.3 Å². The molecule has 0 aliphatic rings. The zero-order chi connectivity index (χ0) is 17.6. The van der Waals surface area contributed by atoms with Gasteiger partial charge in [0.25, 0.3) is 5.91 Å². The Balaban J connectivity index is 2.10. The van der Waals surface area contributed by atoms with E-state index in [2.05, 4.69) is 4.72 Å². The number of amides is 1. The lowest BCUT2D eigenvalue weighted by molar-refractivity contribution is 0.0773. The van der Waals surface area contributed by atoms with Gasteiger partial charge in [0, 0.05) is 25.2 Å². The van der Waals surface area contributed by atoms with Crippen LogP contribution in [-0.2, 0) is 16.6 Å². The fourth-order valence-corrected chi connectivity index (χ4v) is 3.35. The molecule has 0 fully saturated rings. The Labute approximate surface area is 143 Å². The summed E-state index contributed by atoms with van der Waals surface area (Å²) in [6.45, 7) is 5.28. The van der Waals surface area contributed by atoms with Gasteiger partial charge in [-0.2, -0.15) is 0 Å². The van der Waals surface area contributed by atoms with Gasteiger partial charge in [0.05, 0.1) is 4.90 Å². The van der Waals surface area contributed by atoms with Gasteiger partial charge in [-0.05, 0) is 43.7 Å². The highest BCUT2D eigenvalue weighted by Crippen LogP contribution is 2.13. The normalized spacial score (nSPS) is 11.2. The minimum Gasteiger partial charge on any atom is -0.339 e. The lowest BCUT2D eigenvalue weighted by atomic mass is 10.2. The minimum absolute atomic E-state index is 0.0961. The van der Waals surface area contributed by atoms with Gasteiger partial charge >= 0.3 is 0 Å². The molecule has 2 aromatic carbocycles. The van der Waals surface area contributed by atoms with Gasteiger partial charge in [0.2, 0.25) is 10.0 Å². The Hall–Kier alpha value is -2.18. The van der Waals surface area contributed by atoms with Crippen molar-refractivity contribution < 1.29 is 13.2 Å². The molecule has 0 aliphatic carbocycles. The van der Waals surface area contributed by atoms with Crippen molar-refractivity contribution >= 4 is 15.9 Å². The van der Waals surface area contributed by atoms with E-state index in [4.69, 9.17) is 0 Å². The molecule has 0 aromatic heterocycles. The molecule has 2 aromatic rings. The van der Waals surface area contributed by atoms with E-state index in [-0.39, 0.29) is 17.3 Å². The summed E-state index contributed by atoms with van der Waals surface area (Å²) in [5, 5.41) is 0. The Morgan fingerprint density at radius 3 is 2.08 bits per heavy atom. The smallest absolute Gasteiger partial charge is 0.253 e. The first-order chi connectivity index (χ1) is 11.5. The molecular weight excluding hydrogens is 324 g/mol. The fourth-order valence-electron chi connectivity index (χ4n) is 2.33. The number of sulfonamides is 1. The van der Waals surface area contributed by atoms with E-state index in [1.807, 2.05) is 44.2 Å². The maximum absolute atomic E-state index is 12.3. The lowest BCUT2D eigenvalue weighted by Crippen LogP contribution is -2.30. The molecule has 24 heavy (non-hydrogen) atoms. The largest absolute Gasteiger partial charge is 0.339 e. The second-order valence-electron chi connectivity index (χ2n) is 5.31. The lowest BCUT2D eigenvalue weighted by Gasteiger charge is -2.18. The Morgan fingerprint density at radius 2 is 1.54 bits per heavy atom. The standard InChI is InChI=1S/C18H22N2O3S/c1-3-20(4-2)18(21)16-10-12-17(13-11-16)24(22,23)19-14-15-8-6-5-7-9-15/h5-13,19H,3-4,14H2,1-2H3. The van der Waals surface area contributed by atoms with Gasteiger partial charge in [-0.3, -0.25) is 4.79 Å². The summed E-state index contributed by atoms with van der Waals surface area (Å²) in [6.07, 6.45) is 0. The van der Waals surface area contributed by atoms with Gasteiger partial charge in [-0.25, -0.2) is 13.1 Å². The molecular formula is C18H22N2O3S. The summed E-state index contributed by atoms with van der Waals surface area (Å²) in [6, 6.07) is 15.3. The average molecular weight is 346 g/mol. The highest BCUT2D eigenvalue weighted by atomic mass is 32.2. The second kappa shape index (κ2) is 8.08. The number of benzene rings is 2. The molecule has 0 radical (unpaired) electrons. The van der Waals surface area contributed by atoms with Crippen LogP contribution in [0.1, 0.15) is 29.8 Å². The summed E-state index contributed by atoms with van der Waals surface area (Å²) in [5.41, 5.74) is 1.37. The maximum atomic E-state index is 12.3. The highest BCUT2D eigenvalue weighted by Gasteiger charge is 2.16. The van der Waals surface area contributed by atoms with Gasteiger partial charge in [-0.1, -0.05) is 30.3 Å². The van der Waals surface area contributed by atoms with Gasteiger partial charge in [-0.15, -0.1) is 0 Å². The molecule has 2 rings (SSSR count). The van der Waals surface area contributed by atoms with Crippen LogP contribution in [0.15, 0.2) is 59.5 Å². The molecule has 0 bridgehead atoms. The fraction of sp³-hybridized carbons (Fsp3) is 0.278. The molecule has 128 valence electrons. The van der Waals surface area contributed by atoms with Crippen LogP contribution in [0.4, 0.5) is 0 Å². The topological polar surface area (TPSA) is 66.5 Å². The summed E-state index contributed by atoms with van der Waals surface area (Å²) in [4.78, 5) is 14.1. The minimum atomic E-state index is -3.61. The first kappa shape index (κ1) is 18.2. The number of hydrogen-bond acceptors (Lipinski definition) is 3. The van der Waals surface area contributed by atoms with E-state index in [1.54, 1.807) is 17.0 Å². The first-order valence-electron chi connectivity index (χ1n) is 7.91. The zero-order valence-corrected chi connectivity index (χ0v) is 14.7. The van der Waals surface area contributed by atoms with Crippen molar-refractivity contribution in [3.8, 4) is 0 Å². The Kier molecular flexibility index (Phi) is 6.11. The zero-order valence-electron chi connectivity index (χ0n) is 13.9. The number of carbonyl (C=O) groups is 1. The third kappa shape index (κ3) is 4.43. The van der Waals surface area contributed by atoms with Crippen LogP contribution in [0.5, 0.6) is 0 Å². The van der Waals surface area contributed by atoms with Crippen LogP contribution in [0, 0.1) is 0 Å². The van der Waals surface area contributed by atoms with Crippen molar-refractivity contribution in [2.75, 3.05) is 13.1 Å². The molecule has 1 N–H and O–H groups in total. The van der Waals surface area contributed by atoms with Crippen LogP contribution in [0.2, 0.25) is 0 Å². The van der Waals surface area contributed by atoms with E-state index in [0.29, 0.717) is 18.7 Å². The summed E-state index contributed by atoms with van der Waals surface area (Å²) >= 11 is 0. The number of nitrogens with one attached hydrogen (secondary N) is 1. The molecule has 0 atom stereocenters. The number of hydrogen-bond donors (Lipinski definition) is 1. The second-order valence-corrected chi connectivity index (χ2v) is 7.08. The quantitative estimate of drug-likeness (QED) is 0.838. The van der Waals surface area contributed by atoms with Crippen LogP contribution in [0.25, 0.3) is 0 Å². The molecule has 0 spiro atoms. The van der Waals surface area contributed by atoms with E-state index in [0.717, 1.165) is 5.56 Å². The van der Waals surface area contributed by atoms with Crippen LogP contribution < -0.4 is 4.72 Å². The SMILES string of the molecule is CCN(CC)C(=O)c1ccc(S(=O)(=O)NCc2ccccc2)cc1. The van der Waals surface area contributed by atoms with E-state index in [9.17, 15) is 13.2 Å². The molecule has 0 unspecified atom stereocenters. The predicted octanol–water partition coefficient (Wildman–Crippen LogP) is 2.65. The van der Waals surface area contributed by atoms with Gasteiger partial charge < -0.3 is 4.90 Å². The van der Waals surface area contributed by atoms with Crippen molar-refractivity contribution in [2.45, 2.75) is 25.3 Å². The van der Waals surface area contributed by atoms with Crippen LogP contribution in [0.3, 0.4) is 0 Å². The van der Waals surface area contributed by atoms with Crippen molar-refractivity contribution in [2.24, 2.45) is 0 Å². The third-order valence-electron chi connectivity index (χ3n) is 3.77. The average Bonchev–Trinajstić information content (AvgIpc) is 2.62. The van der Waals surface area contributed by atoms with Gasteiger partial charge in [0.1, 0.15) is 0 Å². The van der Waals surface area contributed by atoms with E-state index < -0.39 is 10.0 Å². The molecule has 5 nitrogen and oxygen atoms in total.